The van der Waals surface area contributed by atoms with Crippen LogP contribution in [0.5, 0.6) is 0 Å². The van der Waals surface area contributed by atoms with E-state index in [9.17, 15) is 5.26 Å². The number of halogens is 3. The lowest BCUT2D eigenvalue weighted by Gasteiger charge is -2.24. The van der Waals surface area contributed by atoms with E-state index < -0.39 is 11.7 Å². The van der Waals surface area contributed by atoms with Gasteiger partial charge >= 0.3 is 6.18 Å². The van der Waals surface area contributed by atoms with Crippen molar-refractivity contribution in [1.29, 1.82) is 5.26 Å². The van der Waals surface area contributed by atoms with Gasteiger partial charge in [0, 0.05) is 27.1 Å². The van der Waals surface area contributed by atoms with E-state index in [-0.39, 0.29) is 16.7 Å². The average molecular weight is 777 g/mol. The van der Waals surface area contributed by atoms with Crippen LogP contribution in [-0.2, 0) is 6.18 Å². The Labute approximate surface area is 340 Å². The molecule has 4 nitrogen and oxygen atoms in total. The van der Waals surface area contributed by atoms with Gasteiger partial charge in [-0.15, -0.1) is 0 Å². The predicted octanol–water partition coefficient (Wildman–Crippen LogP) is 14.8. The van der Waals surface area contributed by atoms with Gasteiger partial charge in [-0.2, -0.15) is 18.4 Å². The van der Waals surface area contributed by atoms with Crippen LogP contribution in [0, 0.1) is 66.4 Å². The molecule has 0 saturated carbocycles. The smallest absolute Gasteiger partial charge is 0.309 e. The molecular weight excluding hydrogens is 738 g/mol. The molecule has 0 saturated heterocycles. The molecule has 0 N–H and O–H groups in total. The molecule has 0 amide bonds. The van der Waals surface area contributed by atoms with Gasteiger partial charge in [-0.25, -0.2) is 4.85 Å². The fourth-order valence-corrected chi connectivity index (χ4v) is 9.16. The minimum absolute atomic E-state index is 0.0423. The molecule has 9 rings (SSSR count). The van der Waals surface area contributed by atoms with Crippen molar-refractivity contribution in [2.45, 2.75) is 54.6 Å². The number of hydrogen-bond donors (Lipinski definition) is 0. The first-order valence-corrected chi connectivity index (χ1v) is 19.5. The Kier molecular flexibility index (Phi) is 8.58. The molecule has 0 unspecified atom stereocenters. The summed E-state index contributed by atoms with van der Waals surface area (Å²) in [7, 11) is 0. The van der Waals surface area contributed by atoms with Gasteiger partial charge in [-0.1, -0.05) is 64.7 Å². The van der Waals surface area contributed by atoms with Crippen molar-refractivity contribution in [2.24, 2.45) is 0 Å². The van der Waals surface area contributed by atoms with Crippen LogP contribution >= 0.6 is 0 Å². The highest BCUT2D eigenvalue weighted by molar-refractivity contribution is 6.12. The number of aromatic nitrogens is 2. The molecule has 2 heterocycles. The number of nitrogens with zero attached hydrogens (tertiary/aromatic N) is 4. The molecule has 9 aromatic rings. The quantitative estimate of drug-likeness (QED) is 0.164. The fraction of sp³-hybridized carbons (Fsp3) is 0.154. The highest BCUT2D eigenvalue weighted by Gasteiger charge is 2.38. The Morgan fingerprint density at radius 3 is 1.44 bits per heavy atom. The molecule has 0 radical (unpaired) electrons. The lowest BCUT2D eigenvalue weighted by atomic mass is 9.84. The molecule has 7 heteroatoms. The summed E-state index contributed by atoms with van der Waals surface area (Å²) in [6, 6.07) is 38.7. The molecule has 0 spiro atoms. The Morgan fingerprint density at radius 1 is 0.525 bits per heavy atom. The zero-order valence-electron chi connectivity index (χ0n) is 33.8. The third kappa shape index (κ3) is 5.80. The van der Waals surface area contributed by atoms with Crippen molar-refractivity contribution in [3.8, 4) is 39.7 Å². The van der Waals surface area contributed by atoms with Gasteiger partial charge < -0.3 is 9.13 Å². The molecule has 0 aliphatic heterocycles. The van der Waals surface area contributed by atoms with Gasteiger partial charge in [0.25, 0.3) is 0 Å². The number of fused-ring (bicyclic) bond motifs is 6. The fourth-order valence-electron chi connectivity index (χ4n) is 9.16. The van der Waals surface area contributed by atoms with Gasteiger partial charge in [-0.05, 0) is 149 Å². The molecule has 0 atom stereocenters. The molecule has 0 bridgehead atoms. The number of benzene rings is 7. The van der Waals surface area contributed by atoms with Gasteiger partial charge in [0.2, 0.25) is 0 Å². The van der Waals surface area contributed by atoms with Crippen LogP contribution in [0.25, 0.3) is 82.1 Å². The molecule has 0 aliphatic carbocycles. The van der Waals surface area contributed by atoms with Crippen molar-refractivity contribution in [2.75, 3.05) is 0 Å². The number of alkyl halides is 3. The van der Waals surface area contributed by atoms with Crippen LogP contribution in [0.2, 0.25) is 0 Å². The van der Waals surface area contributed by atoms with E-state index in [1.165, 1.54) is 6.92 Å². The molecule has 288 valence electrons. The molecule has 59 heavy (non-hydrogen) atoms. The largest absolute Gasteiger partial charge is 0.417 e. The van der Waals surface area contributed by atoms with Crippen LogP contribution in [0.15, 0.2) is 109 Å². The zero-order chi connectivity index (χ0) is 41.7. The van der Waals surface area contributed by atoms with Crippen LogP contribution in [0.3, 0.4) is 0 Å². The first-order valence-electron chi connectivity index (χ1n) is 19.5. The molecule has 0 fully saturated rings. The zero-order valence-corrected chi connectivity index (χ0v) is 33.8. The highest BCUT2D eigenvalue weighted by Crippen LogP contribution is 2.47. The number of rotatable bonds is 4. The Morgan fingerprint density at radius 2 is 1.00 bits per heavy atom. The third-order valence-electron chi connectivity index (χ3n) is 12.0. The topological polar surface area (TPSA) is 38.0 Å². The van der Waals surface area contributed by atoms with Crippen LogP contribution in [-0.4, -0.2) is 9.13 Å². The monoisotopic (exact) mass is 776 g/mol. The van der Waals surface area contributed by atoms with Crippen molar-refractivity contribution >= 4 is 49.3 Å². The maximum Gasteiger partial charge on any atom is 0.417 e. The SMILES string of the molecule is [C-]#[N+]c1ccc(-n2c3ccc(C)cc3c3cc(C)ccc32)c(-c2ccc(-c3c(C)c(C)c(C#N)c(C)c3C(F)(F)F)cc2-n2c3ccc(C)cc3c3cc(C)ccc32)c1. The van der Waals surface area contributed by atoms with Gasteiger partial charge in [0.05, 0.1) is 57.2 Å². The molecule has 7 aromatic carbocycles. The lowest BCUT2D eigenvalue weighted by Crippen LogP contribution is -2.14. The lowest BCUT2D eigenvalue weighted by molar-refractivity contribution is -0.137. The van der Waals surface area contributed by atoms with E-state index in [1.807, 2.05) is 36.4 Å². The second-order valence-corrected chi connectivity index (χ2v) is 15.9. The molecular formula is C52H39F3N4. The third-order valence-corrected chi connectivity index (χ3v) is 12.0. The normalized spacial score (nSPS) is 11.9. The van der Waals surface area contributed by atoms with Gasteiger partial charge in [0.15, 0.2) is 5.69 Å². The first-order chi connectivity index (χ1) is 28.2. The van der Waals surface area contributed by atoms with E-state index in [2.05, 4.69) is 114 Å². The summed E-state index contributed by atoms with van der Waals surface area (Å²) in [5, 5.41) is 14.3. The van der Waals surface area contributed by atoms with Crippen LogP contribution < -0.4 is 0 Å². The average Bonchev–Trinajstić information content (AvgIpc) is 3.69. The highest BCUT2D eigenvalue weighted by atomic mass is 19.4. The van der Waals surface area contributed by atoms with E-state index in [1.54, 1.807) is 19.9 Å². The predicted molar refractivity (Wildman–Crippen MR) is 235 cm³/mol. The summed E-state index contributed by atoms with van der Waals surface area (Å²) in [6.07, 6.45) is -4.73. The van der Waals surface area contributed by atoms with E-state index in [0.29, 0.717) is 28.1 Å². The maximum absolute atomic E-state index is 15.3. The molecule has 0 aliphatic rings. The summed E-state index contributed by atoms with van der Waals surface area (Å²) in [4.78, 5) is 3.87. The Bertz CT molecular complexity index is 3240. The van der Waals surface area contributed by atoms with E-state index >= 15 is 13.2 Å². The van der Waals surface area contributed by atoms with E-state index in [0.717, 1.165) is 82.7 Å². The number of hydrogen-bond acceptors (Lipinski definition) is 1. The van der Waals surface area contributed by atoms with Crippen LogP contribution in [0.1, 0.15) is 50.1 Å². The van der Waals surface area contributed by atoms with Crippen molar-refractivity contribution in [3.05, 3.63) is 171 Å². The number of aryl methyl sites for hydroxylation is 4. The summed E-state index contributed by atoms with van der Waals surface area (Å²) in [5.41, 5.74) is 12.2. The Balaban J connectivity index is 1.46. The summed E-state index contributed by atoms with van der Waals surface area (Å²) in [6.45, 7) is 21.2. The van der Waals surface area contributed by atoms with Crippen LogP contribution in [0.4, 0.5) is 18.9 Å². The molecule has 2 aromatic heterocycles. The summed E-state index contributed by atoms with van der Waals surface area (Å²) < 4.78 is 50.3. The Hall–Kier alpha value is -7.09. The minimum atomic E-state index is -4.73. The number of nitriles is 1. The maximum atomic E-state index is 15.3. The van der Waals surface area contributed by atoms with Crippen molar-refractivity contribution < 1.29 is 13.2 Å². The van der Waals surface area contributed by atoms with Crippen molar-refractivity contribution in [3.63, 3.8) is 0 Å². The van der Waals surface area contributed by atoms with Gasteiger partial charge in [-0.3, -0.25) is 0 Å². The first kappa shape index (κ1) is 37.5. The van der Waals surface area contributed by atoms with Crippen molar-refractivity contribution in [1.82, 2.24) is 9.13 Å². The second kappa shape index (κ2) is 13.5. The van der Waals surface area contributed by atoms with E-state index in [4.69, 9.17) is 6.57 Å². The van der Waals surface area contributed by atoms with Gasteiger partial charge in [0.1, 0.15) is 0 Å². The minimum Gasteiger partial charge on any atom is -0.309 e. The summed E-state index contributed by atoms with van der Waals surface area (Å²) in [5.74, 6) is 0. The standard InChI is InChI=1S/C52H39F3N4/c1-28-9-16-44-38(21-28)39-22-29(2)10-17-45(39)58(44)48-20-14-36(57-8)26-42(48)37-15-13-35(50-33(6)32(5)43(27-56)34(7)51(50)52(53,54)55)25-49(37)59-46-18-11-30(3)23-40(46)41-24-31(4)12-19-47(41)59/h9-26H,1-7H3. The summed E-state index contributed by atoms with van der Waals surface area (Å²) >= 11 is 0. The second-order valence-electron chi connectivity index (χ2n) is 15.9.